The van der Waals surface area contributed by atoms with Crippen LogP contribution in [0.5, 0.6) is 0 Å². The maximum absolute atomic E-state index is 12.4. The third-order valence-electron chi connectivity index (χ3n) is 2.70. The van der Waals surface area contributed by atoms with Crippen LogP contribution in [0.2, 0.25) is 0 Å². The molecular formula is C13H26N4O2S. The number of aryl methyl sites for hydroxylation is 1. The molecule has 1 heterocycles. The fraction of sp³-hybridized carbons (Fsp3) is 0.769. The largest absolute Gasteiger partial charge is 0.309 e. The molecule has 0 saturated heterocycles. The van der Waals surface area contributed by atoms with E-state index in [2.05, 4.69) is 20.2 Å². The zero-order chi connectivity index (χ0) is 15.6. The monoisotopic (exact) mass is 302 g/mol. The van der Waals surface area contributed by atoms with Crippen LogP contribution >= 0.6 is 0 Å². The summed E-state index contributed by atoms with van der Waals surface area (Å²) in [5, 5.41) is 10.0. The van der Waals surface area contributed by atoms with Crippen LogP contribution < -0.4 is 10.0 Å². The average Bonchev–Trinajstić information content (AvgIpc) is 2.65. The zero-order valence-corrected chi connectivity index (χ0v) is 14.0. The molecule has 0 radical (unpaired) electrons. The molecule has 7 heteroatoms. The Morgan fingerprint density at radius 1 is 1.30 bits per heavy atom. The number of rotatable bonds is 6. The Morgan fingerprint density at radius 3 is 2.40 bits per heavy atom. The highest BCUT2D eigenvalue weighted by Crippen LogP contribution is 2.19. The second kappa shape index (κ2) is 6.24. The summed E-state index contributed by atoms with van der Waals surface area (Å²) in [7, 11) is -3.54. The van der Waals surface area contributed by atoms with Gasteiger partial charge in [-0.25, -0.2) is 13.1 Å². The lowest BCUT2D eigenvalue weighted by molar-refractivity contribution is 0.407. The van der Waals surface area contributed by atoms with E-state index in [1.54, 1.807) is 6.92 Å². The second-order valence-corrected chi connectivity index (χ2v) is 8.25. The van der Waals surface area contributed by atoms with Gasteiger partial charge in [-0.15, -0.1) is 0 Å². The van der Waals surface area contributed by atoms with E-state index in [1.807, 2.05) is 34.6 Å². The molecule has 0 aliphatic rings. The molecule has 0 amide bonds. The van der Waals surface area contributed by atoms with Crippen molar-refractivity contribution in [3.05, 3.63) is 11.4 Å². The highest BCUT2D eigenvalue weighted by Gasteiger charge is 2.25. The molecule has 0 aliphatic heterocycles. The normalized spacial score (nSPS) is 13.2. The van der Waals surface area contributed by atoms with Gasteiger partial charge in [-0.2, -0.15) is 5.10 Å². The van der Waals surface area contributed by atoms with Crippen LogP contribution in [0, 0.1) is 12.3 Å². The van der Waals surface area contributed by atoms with Gasteiger partial charge < -0.3 is 5.32 Å². The van der Waals surface area contributed by atoms with Crippen molar-refractivity contribution in [3.63, 3.8) is 0 Å². The second-order valence-electron chi connectivity index (χ2n) is 6.55. The fourth-order valence-corrected chi connectivity index (χ4v) is 3.27. The van der Waals surface area contributed by atoms with Crippen LogP contribution in [0.3, 0.4) is 0 Å². The van der Waals surface area contributed by atoms with E-state index in [-0.39, 0.29) is 16.4 Å². The van der Waals surface area contributed by atoms with E-state index in [0.717, 1.165) is 0 Å². The number of aromatic nitrogens is 2. The van der Waals surface area contributed by atoms with Crippen LogP contribution in [0.25, 0.3) is 0 Å². The maximum Gasteiger partial charge on any atom is 0.244 e. The Bertz CT molecular complexity index is 541. The predicted octanol–water partition coefficient (Wildman–Crippen LogP) is 1.54. The maximum atomic E-state index is 12.4. The molecule has 0 aromatic carbocycles. The van der Waals surface area contributed by atoms with Crippen molar-refractivity contribution in [2.75, 3.05) is 6.54 Å². The summed E-state index contributed by atoms with van der Waals surface area (Å²) < 4.78 is 27.5. The summed E-state index contributed by atoms with van der Waals surface area (Å²) in [6, 6.07) is 0.269. The molecule has 0 bridgehead atoms. The Hall–Kier alpha value is -0.920. The van der Waals surface area contributed by atoms with Gasteiger partial charge in [0, 0.05) is 19.1 Å². The minimum Gasteiger partial charge on any atom is -0.309 e. The van der Waals surface area contributed by atoms with E-state index in [9.17, 15) is 8.42 Å². The molecule has 0 unspecified atom stereocenters. The van der Waals surface area contributed by atoms with E-state index >= 15 is 0 Å². The van der Waals surface area contributed by atoms with Gasteiger partial charge in [-0.3, -0.25) is 5.10 Å². The minimum absolute atomic E-state index is 0.110. The molecule has 1 rings (SSSR count). The van der Waals surface area contributed by atoms with Gasteiger partial charge in [0.2, 0.25) is 10.0 Å². The summed E-state index contributed by atoms with van der Waals surface area (Å²) in [5.74, 6) is 0. The van der Waals surface area contributed by atoms with Crippen LogP contribution in [-0.2, 0) is 16.6 Å². The first-order valence-corrected chi connectivity index (χ1v) is 8.28. The van der Waals surface area contributed by atoms with Crippen LogP contribution in [-0.4, -0.2) is 31.2 Å². The lowest BCUT2D eigenvalue weighted by Crippen LogP contribution is -2.33. The van der Waals surface area contributed by atoms with Gasteiger partial charge in [0.25, 0.3) is 0 Å². The summed E-state index contributed by atoms with van der Waals surface area (Å²) in [5.41, 5.74) is 0.978. The Kier molecular flexibility index (Phi) is 5.34. The number of nitrogens with one attached hydrogen (secondary N) is 3. The van der Waals surface area contributed by atoms with Crippen molar-refractivity contribution in [1.82, 2.24) is 20.2 Å². The van der Waals surface area contributed by atoms with Crippen molar-refractivity contribution in [2.45, 2.75) is 59.0 Å². The van der Waals surface area contributed by atoms with E-state index in [4.69, 9.17) is 0 Å². The van der Waals surface area contributed by atoms with Gasteiger partial charge in [-0.1, -0.05) is 34.6 Å². The van der Waals surface area contributed by atoms with Crippen molar-refractivity contribution >= 4 is 10.0 Å². The van der Waals surface area contributed by atoms with Gasteiger partial charge in [0.15, 0.2) is 0 Å². The fourth-order valence-electron chi connectivity index (χ4n) is 1.63. The molecule has 0 aliphatic carbocycles. The molecule has 0 atom stereocenters. The highest BCUT2D eigenvalue weighted by molar-refractivity contribution is 7.89. The first-order valence-electron chi connectivity index (χ1n) is 6.80. The first kappa shape index (κ1) is 17.1. The summed E-state index contributed by atoms with van der Waals surface area (Å²) in [4.78, 5) is 0.259. The van der Waals surface area contributed by atoms with Crippen molar-refractivity contribution < 1.29 is 8.42 Å². The molecule has 6 nitrogen and oxygen atoms in total. The standard InChI is InChI=1S/C13H26N4O2S/c1-9(2)14-7-11-12(10(3)16-17-11)20(18,19)15-8-13(4,5)6/h9,14-15H,7-8H2,1-6H3,(H,16,17). The third-order valence-corrected chi connectivity index (χ3v) is 4.30. The number of sulfonamides is 1. The molecule has 0 saturated carbocycles. The predicted molar refractivity (Wildman–Crippen MR) is 79.9 cm³/mol. The first-order chi connectivity index (χ1) is 9.03. The smallest absolute Gasteiger partial charge is 0.244 e. The van der Waals surface area contributed by atoms with Gasteiger partial charge in [0.05, 0.1) is 11.4 Å². The van der Waals surface area contributed by atoms with E-state index in [1.165, 1.54) is 0 Å². The summed E-state index contributed by atoms with van der Waals surface area (Å²) in [6.45, 7) is 12.5. The lowest BCUT2D eigenvalue weighted by Gasteiger charge is -2.19. The van der Waals surface area contributed by atoms with Crippen LogP contribution in [0.4, 0.5) is 0 Å². The molecule has 116 valence electrons. The van der Waals surface area contributed by atoms with Crippen LogP contribution in [0.1, 0.15) is 46.0 Å². The number of hydrogen-bond acceptors (Lipinski definition) is 4. The SMILES string of the molecule is Cc1[nH]nc(CNC(C)C)c1S(=O)(=O)NCC(C)(C)C. The van der Waals surface area contributed by atoms with Crippen molar-refractivity contribution in [2.24, 2.45) is 5.41 Å². The van der Waals surface area contributed by atoms with E-state index < -0.39 is 10.0 Å². The van der Waals surface area contributed by atoms with Gasteiger partial charge in [-0.05, 0) is 12.3 Å². The zero-order valence-electron chi connectivity index (χ0n) is 13.2. The molecule has 1 aromatic heterocycles. The Morgan fingerprint density at radius 2 is 1.90 bits per heavy atom. The van der Waals surface area contributed by atoms with Gasteiger partial charge in [0.1, 0.15) is 4.90 Å². The summed E-state index contributed by atoms with van der Waals surface area (Å²) >= 11 is 0. The molecular weight excluding hydrogens is 276 g/mol. The molecule has 0 fully saturated rings. The van der Waals surface area contributed by atoms with Gasteiger partial charge >= 0.3 is 0 Å². The number of hydrogen-bond donors (Lipinski definition) is 3. The molecule has 20 heavy (non-hydrogen) atoms. The molecule has 3 N–H and O–H groups in total. The highest BCUT2D eigenvalue weighted by atomic mass is 32.2. The average molecular weight is 302 g/mol. The van der Waals surface area contributed by atoms with Crippen molar-refractivity contribution in [1.29, 1.82) is 0 Å². The summed E-state index contributed by atoms with van der Waals surface area (Å²) in [6.07, 6.45) is 0. The number of H-pyrrole nitrogens is 1. The number of nitrogens with zero attached hydrogens (tertiary/aromatic N) is 1. The molecule has 0 spiro atoms. The van der Waals surface area contributed by atoms with E-state index in [0.29, 0.717) is 24.5 Å². The Balaban J connectivity index is 2.96. The minimum atomic E-state index is -3.54. The van der Waals surface area contributed by atoms with Crippen LogP contribution in [0.15, 0.2) is 4.90 Å². The Labute approximate surface area is 121 Å². The lowest BCUT2D eigenvalue weighted by atomic mass is 9.98. The molecule has 1 aromatic rings. The topological polar surface area (TPSA) is 86.9 Å². The third kappa shape index (κ3) is 4.88. The van der Waals surface area contributed by atoms with Crippen molar-refractivity contribution in [3.8, 4) is 0 Å². The quantitative estimate of drug-likeness (QED) is 0.744. The number of aromatic amines is 1.